The minimum absolute atomic E-state index is 0.202. The summed E-state index contributed by atoms with van der Waals surface area (Å²) in [7, 11) is 3.33. The second kappa shape index (κ2) is 5.80. The van der Waals surface area contributed by atoms with Crippen LogP contribution in [0.3, 0.4) is 0 Å². The SMILES string of the molecule is COc1nn(C(C)C)c(OC)c1-c1c(C)cc(C)cc1C. The lowest BCUT2D eigenvalue weighted by molar-refractivity contribution is 0.340. The van der Waals surface area contributed by atoms with Gasteiger partial charge < -0.3 is 9.47 Å². The van der Waals surface area contributed by atoms with Crippen LogP contribution in [0.5, 0.6) is 11.8 Å². The molecule has 0 amide bonds. The van der Waals surface area contributed by atoms with Crippen molar-refractivity contribution in [3.8, 4) is 22.9 Å². The molecule has 0 saturated heterocycles. The van der Waals surface area contributed by atoms with Crippen molar-refractivity contribution < 1.29 is 9.47 Å². The number of aryl methyl sites for hydroxylation is 3. The summed E-state index contributed by atoms with van der Waals surface area (Å²) >= 11 is 0. The zero-order valence-electron chi connectivity index (χ0n) is 13.9. The molecule has 0 spiro atoms. The van der Waals surface area contributed by atoms with Gasteiger partial charge in [0.05, 0.1) is 20.3 Å². The fraction of sp³-hybridized carbons (Fsp3) is 0.471. The molecule has 1 aromatic heterocycles. The number of hydrogen-bond acceptors (Lipinski definition) is 3. The lowest BCUT2D eigenvalue weighted by Gasteiger charge is -2.14. The van der Waals surface area contributed by atoms with Crippen LogP contribution in [-0.2, 0) is 0 Å². The van der Waals surface area contributed by atoms with Gasteiger partial charge in [-0.1, -0.05) is 17.7 Å². The largest absolute Gasteiger partial charge is 0.481 e. The maximum atomic E-state index is 5.64. The highest BCUT2D eigenvalue weighted by molar-refractivity contribution is 5.79. The van der Waals surface area contributed by atoms with Crippen molar-refractivity contribution in [2.24, 2.45) is 0 Å². The summed E-state index contributed by atoms with van der Waals surface area (Å²) < 4.78 is 13.0. The van der Waals surface area contributed by atoms with Crippen LogP contribution in [0.1, 0.15) is 36.6 Å². The van der Waals surface area contributed by atoms with Gasteiger partial charge in [-0.25, -0.2) is 4.68 Å². The van der Waals surface area contributed by atoms with Crippen molar-refractivity contribution in [1.82, 2.24) is 9.78 Å². The van der Waals surface area contributed by atoms with Crippen molar-refractivity contribution in [3.05, 3.63) is 28.8 Å². The molecule has 4 nitrogen and oxygen atoms in total. The van der Waals surface area contributed by atoms with Gasteiger partial charge in [0.1, 0.15) is 5.56 Å². The molecule has 114 valence electrons. The topological polar surface area (TPSA) is 36.3 Å². The summed E-state index contributed by atoms with van der Waals surface area (Å²) in [6, 6.07) is 4.55. The Balaban J connectivity index is 2.80. The average Bonchev–Trinajstić information content (AvgIpc) is 2.76. The van der Waals surface area contributed by atoms with Crippen LogP contribution >= 0.6 is 0 Å². The van der Waals surface area contributed by atoms with Crippen LogP contribution < -0.4 is 9.47 Å². The molecule has 0 N–H and O–H groups in total. The van der Waals surface area contributed by atoms with Gasteiger partial charge in [0.25, 0.3) is 0 Å². The minimum atomic E-state index is 0.202. The lowest BCUT2D eigenvalue weighted by atomic mass is 9.95. The molecule has 0 fully saturated rings. The molecule has 0 aliphatic rings. The van der Waals surface area contributed by atoms with E-state index in [0.717, 1.165) is 17.0 Å². The Morgan fingerprint density at radius 1 is 0.952 bits per heavy atom. The van der Waals surface area contributed by atoms with E-state index in [2.05, 4.69) is 51.9 Å². The van der Waals surface area contributed by atoms with E-state index in [1.165, 1.54) is 16.7 Å². The predicted octanol–water partition coefficient (Wildman–Crippen LogP) is 4.07. The van der Waals surface area contributed by atoms with Crippen LogP contribution in [0, 0.1) is 20.8 Å². The Morgan fingerprint density at radius 2 is 1.52 bits per heavy atom. The van der Waals surface area contributed by atoms with Crippen LogP contribution in [0.25, 0.3) is 11.1 Å². The smallest absolute Gasteiger partial charge is 0.244 e. The van der Waals surface area contributed by atoms with Crippen molar-refractivity contribution >= 4 is 0 Å². The normalized spacial score (nSPS) is 11.0. The molecular formula is C17H24N2O2. The second-order valence-corrected chi connectivity index (χ2v) is 5.71. The molecule has 0 atom stereocenters. The predicted molar refractivity (Wildman–Crippen MR) is 85.4 cm³/mol. The maximum absolute atomic E-state index is 5.64. The summed E-state index contributed by atoms with van der Waals surface area (Å²) in [5.74, 6) is 1.35. The lowest BCUT2D eigenvalue weighted by Crippen LogP contribution is -2.05. The van der Waals surface area contributed by atoms with Gasteiger partial charge in [0.2, 0.25) is 11.8 Å². The molecule has 0 unspecified atom stereocenters. The highest BCUT2D eigenvalue weighted by atomic mass is 16.5. The molecule has 1 heterocycles. The van der Waals surface area contributed by atoms with Crippen molar-refractivity contribution in [1.29, 1.82) is 0 Å². The van der Waals surface area contributed by atoms with E-state index in [4.69, 9.17) is 9.47 Å². The van der Waals surface area contributed by atoms with E-state index >= 15 is 0 Å². The van der Waals surface area contributed by atoms with Crippen molar-refractivity contribution in [2.45, 2.75) is 40.7 Å². The molecule has 0 radical (unpaired) electrons. The van der Waals surface area contributed by atoms with Crippen molar-refractivity contribution in [2.75, 3.05) is 14.2 Å². The molecular weight excluding hydrogens is 264 g/mol. The fourth-order valence-corrected chi connectivity index (χ4v) is 2.88. The molecule has 0 bridgehead atoms. The summed E-state index contributed by atoms with van der Waals surface area (Å²) in [5, 5.41) is 4.55. The van der Waals surface area contributed by atoms with E-state index in [-0.39, 0.29) is 6.04 Å². The Bertz CT molecular complexity index is 634. The van der Waals surface area contributed by atoms with Crippen molar-refractivity contribution in [3.63, 3.8) is 0 Å². The third-order valence-electron chi connectivity index (χ3n) is 3.64. The second-order valence-electron chi connectivity index (χ2n) is 5.71. The number of aromatic nitrogens is 2. The standard InChI is InChI=1S/C17H24N2O2/c1-10(2)19-17(21-7)15(16(18-19)20-6)14-12(4)8-11(3)9-13(14)5/h8-10H,1-7H3. The van der Waals surface area contributed by atoms with Gasteiger partial charge in [-0.15, -0.1) is 5.10 Å². The molecule has 0 saturated carbocycles. The summed E-state index contributed by atoms with van der Waals surface area (Å²) in [6.45, 7) is 10.5. The number of benzene rings is 1. The van der Waals surface area contributed by atoms with Crippen LogP contribution in [0.4, 0.5) is 0 Å². The zero-order chi connectivity index (χ0) is 15.7. The van der Waals surface area contributed by atoms with E-state index in [1.54, 1.807) is 14.2 Å². The van der Waals surface area contributed by atoms with Crippen LogP contribution in [0.2, 0.25) is 0 Å². The number of rotatable bonds is 4. The van der Waals surface area contributed by atoms with Gasteiger partial charge in [-0.3, -0.25) is 0 Å². The van der Waals surface area contributed by atoms with E-state index in [9.17, 15) is 0 Å². The number of nitrogens with zero attached hydrogens (tertiary/aromatic N) is 2. The quantitative estimate of drug-likeness (QED) is 0.850. The molecule has 4 heteroatoms. The number of methoxy groups -OCH3 is 2. The summed E-state index contributed by atoms with van der Waals surface area (Å²) in [4.78, 5) is 0. The minimum Gasteiger partial charge on any atom is -0.481 e. The van der Waals surface area contributed by atoms with E-state index in [1.807, 2.05) is 4.68 Å². The molecule has 0 aliphatic carbocycles. The summed E-state index contributed by atoms with van der Waals surface area (Å²) in [5.41, 5.74) is 5.73. The first-order valence-corrected chi connectivity index (χ1v) is 7.19. The molecule has 2 rings (SSSR count). The Hall–Kier alpha value is -1.97. The molecule has 0 aliphatic heterocycles. The maximum Gasteiger partial charge on any atom is 0.244 e. The van der Waals surface area contributed by atoms with Gasteiger partial charge >= 0.3 is 0 Å². The Labute approximate surface area is 126 Å². The third-order valence-corrected chi connectivity index (χ3v) is 3.64. The molecule has 21 heavy (non-hydrogen) atoms. The van der Waals surface area contributed by atoms with Gasteiger partial charge in [0.15, 0.2) is 0 Å². The number of ether oxygens (including phenoxy) is 2. The average molecular weight is 288 g/mol. The monoisotopic (exact) mass is 288 g/mol. The first-order valence-electron chi connectivity index (χ1n) is 7.19. The van der Waals surface area contributed by atoms with E-state index < -0.39 is 0 Å². The highest BCUT2D eigenvalue weighted by Gasteiger charge is 2.25. The first-order chi connectivity index (χ1) is 9.90. The van der Waals surface area contributed by atoms with Gasteiger partial charge in [0, 0.05) is 0 Å². The fourth-order valence-electron chi connectivity index (χ4n) is 2.88. The zero-order valence-corrected chi connectivity index (χ0v) is 13.9. The highest BCUT2D eigenvalue weighted by Crippen LogP contribution is 2.42. The molecule has 2 aromatic rings. The number of hydrogen-bond donors (Lipinski definition) is 0. The van der Waals surface area contributed by atoms with Gasteiger partial charge in [-0.2, -0.15) is 0 Å². The first kappa shape index (κ1) is 15.4. The third kappa shape index (κ3) is 2.62. The van der Waals surface area contributed by atoms with Gasteiger partial charge in [-0.05, 0) is 51.3 Å². The van der Waals surface area contributed by atoms with Crippen LogP contribution in [-0.4, -0.2) is 24.0 Å². The Kier molecular flexibility index (Phi) is 4.26. The van der Waals surface area contributed by atoms with Crippen LogP contribution in [0.15, 0.2) is 12.1 Å². The summed E-state index contributed by atoms with van der Waals surface area (Å²) in [6.07, 6.45) is 0. The van der Waals surface area contributed by atoms with E-state index in [0.29, 0.717) is 5.88 Å². The molecule has 1 aromatic carbocycles. The Morgan fingerprint density at radius 3 is 1.95 bits per heavy atom.